The summed E-state index contributed by atoms with van der Waals surface area (Å²) < 4.78 is 0. The molecule has 15 nitrogen and oxygen atoms in total. The van der Waals surface area contributed by atoms with Crippen molar-refractivity contribution in [3.05, 3.63) is 131 Å². The minimum atomic E-state index is -0.393. The van der Waals surface area contributed by atoms with Gasteiger partial charge in [0.2, 0.25) is 11.8 Å². The lowest BCUT2D eigenvalue weighted by Gasteiger charge is -2.28. The number of piperidine rings is 1. The number of carbonyl (C=O) groups is 8. The first kappa shape index (κ1) is 79.0. The number of amides is 4. The lowest BCUT2D eigenvalue weighted by Crippen LogP contribution is -2.42. The largest absolute Gasteiger partial charge is 0.388 e. The molecule has 0 spiro atoms. The molecule has 6 saturated heterocycles. The Morgan fingerprint density at radius 3 is 0.990 bits per heavy atom. The normalized spacial score (nSPS) is 17.7. The highest BCUT2D eigenvalue weighted by Crippen LogP contribution is 2.28. The van der Waals surface area contributed by atoms with Crippen molar-refractivity contribution in [2.24, 2.45) is 5.92 Å². The molecular weight excluding hydrogens is 1330 g/mol. The third-order valence-electron chi connectivity index (χ3n) is 18.3. The van der Waals surface area contributed by atoms with Gasteiger partial charge in [0.25, 0.3) is 11.8 Å². The monoisotopic (exact) mass is 1440 g/mol. The Morgan fingerprint density at radius 1 is 0.381 bits per heavy atom. The maximum absolute atomic E-state index is 12.6. The van der Waals surface area contributed by atoms with E-state index in [1.54, 1.807) is 68.1 Å². The number of ketones is 4. The molecule has 2 atom stereocenters. The number of nitrogens with zero attached hydrogens (tertiary/aromatic N) is 6. The second-order valence-electron chi connectivity index (χ2n) is 27.0. The lowest BCUT2D eigenvalue weighted by molar-refractivity contribution is -0.132. The van der Waals surface area contributed by atoms with Crippen molar-refractivity contribution in [1.29, 1.82) is 0 Å². The number of carbonyl (C=O) groups excluding carboxylic acids is 8. The molecule has 6 aliphatic rings. The Labute approximate surface area is 601 Å². The van der Waals surface area contributed by atoms with E-state index in [4.69, 9.17) is 5.11 Å². The number of aryl methyl sites for hydroxylation is 6. The van der Waals surface area contributed by atoms with E-state index < -0.39 is 6.61 Å². The van der Waals surface area contributed by atoms with Gasteiger partial charge < -0.3 is 34.5 Å². The van der Waals surface area contributed by atoms with Crippen LogP contribution >= 0.6 is 68.0 Å². The number of aliphatic hydroxyl groups excluding tert-OH is 1. The van der Waals surface area contributed by atoms with Crippen LogP contribution < -0.4 is 0 Å². The zero-order valence-corrected chi connectivity index (χ0v) is 63.7. The molecular formula is C76H106N6O9S6. The maximum Gasteiger partial charge on any atom is 0.255 e. The van der Waals surface area contributed by atoms with Crippen LogP contribution in [0.2, 0.25) is 0 Å². The van der Waals surface area contributed by atoms with Crippen LogP contribution in [0.25, 0.3) is 0 Å². The summed E-state index contributed by atoms with van der Waals surface area (Å²) in [5.41, 5.74) is 4.86. The Morgan fingerprint density at radius 2 is 0.680 bits per heavy atom. The minimum Gasteiger partial charge on any atom is -0.388 e. The fourth-order valence-electron chi connectivity index (χ4n) is 13.0. The summed E-state index contributed by atoms with van der Waals surface area (Å²) in [4.78, 5) is 115. The highest BCUT2D eigenvalue weighted by atomic mass is 32.1. The summed E-state index contributed by atoms with van der Waals surface area (Å²) in [6.45, 7) is 28.3. The van der Waals surface area contributed by atoms with Crippen LogP contribution in [-0.4, -0.2) is 178 Å². The van der Waals surface area contributed by atoms with E-state index in [0.717, 1.165) is 133 Å². The number of Topliss-reactive ketones (excluding diaryl/α,β-unsaturated/α-hetero) is 4. The molecule has 0 aliphatic carbocycles. The third kappa shape index (κ3) is 26.6. The first-order valence-corrected chi connectivity index (χ1v) is 40.6. The molecule has 1 N–H and O–H groups in total. The standard InChI is InChI=1S/2C15H22N2OS.C15H21NO2S.C14H19NO2S.C10H14OS.C7H8O2S/c2*1-12-9-13(11-19-12)15(18)17-8-4-5-14(17)10-16-6-2-3-7-16;1-12-10-13(11-19-12)14(17)6-5-7-15(18)16-8-3-2-4-9-16;1-11-9-12(10-18-11)13(16)5-4-6-14(17)15-7-2-3-8-15;1-7(2)4-10(11)9-5-8(3)12-6-9;1-5-2-6(4-10-5)7(9)3-8/h2*9,11,14H,2-8,10H2,1H3;10-11H,2-9H2,1H3;9-10H,2-8H2,1H3;5-7H,4H2,1-3H3;2,4,8H,3H2,1H3/t2*14-;;;;/m11..../s1. The fourth-order valence-corrected chi connectivity index (χ4v) is 17.2. The predicted molar refractivity (Wildman–Crippen MR) is 402 cm³/mol. The maximum atomic E-state index is 12.6. The molecule has 0 bridgehead atoms. The molecule has 12 rings (SSSR count). The van der Waals surface area contributed by atoms with Crippen LogP contribution in [0, 0.1) is 47.5 Å². The van der Waals surface area contributed by atoms with E-state index in [-0.39, 0.29) is 46.8 Å². The van der Waals surface area contributed by atoms with Crippen LogP contribution in [0.4, 0.5) is 0 Å². The van der Waals surface area contributed by atoms with Crippen LogP contribution in [0.3, 0.4) is 0 Å². The first-order valence-electron chi connectivity index (χ1n) is 35.3. The molecule has 97 heavy (non-hydrogen) atoms. The van der Waals surface area contributed by atoms with Crippen molar-refractivity contribution < 1.29 is 43.5 Å². The van der Waals surface area contributed by atoms with Gasteiger partial charge in [0.05, 0.1) is 11.1 Å². The molecule has 6 aromatic rings. The highest BCUT2D eigenvalue weighted by molar-refractivity contribution is 7.11. The van der Waals surface area contributed by atoms with Crippen molar-refractivity contribution >= 4 is 115 Å². The molecule has 6 fully saturated rings. The van der Waals surface area contributed by atoms with Crippen molar-refractivity contribution in [3.8, 4) is 0 Å². The van der Waals surface area contributed by atoms with Gasteiger partial charge >= 0.3 is 0 Å². The number of likely N-dealkylation sites (tertiary alicyclic amines) is 6. The molecule has 0 saturated carbocycles. The van der Waals surface area contributed by atoms with Gasteiger partial charge in [0.15, 0.2) is 23.1 Å². The summed E-state index contributed by atoms with van der Waals surface area (Å²) in [6, 6.07) is 12.5. The van der Waals surface area contributed by atoms with Crippen LogP contribution in [0.5, 0.6) is 0 Å². The smallest absolute Gasteiger partial charge is 0.255 e. The van der Waals surface area contributed by atoms with Crippen molar-refractivity contribution in [3.63, 3.8) is 0 Å². The van der Waals surface area contributed by atoms with Gasteiger partial charge in [-0.15, -0.1) is 68.0 Å². The zero-order valence-electron chi connectivity index (χ0n) is 58.8. The zero-order chi connectivity index (χ0) is 69.8. The molecule has 21 heteroatoms. The van der Waals surface area contributed by atoms with Gasteiger partial charge in [-0.05, 0) is 206 Å². The second kappa shape index (κ2) is 41.4. The van der Waals surface area contributed by atoms with Gasteiger partial charge in [-0.2, -0.15) is 0 Å². The topological polar surface area (TPSA) is 176 Å². The van der Waals surface area contributed by atoms with Crippen molar-refractivity contribution in [2.75, 3.05) is 85.1 Å². The molecule has 0 aromatic carbocycles. The van der Waals surface area contributed by atoms with Gasteiger partial charge in [-0.1, -0.05) is 13.8 Å². The lowest BCUT2D eigenvalue weighted by atomic mass is 10.0. The van der Waals surface area contributed by atoms with E-state index >= 15 is 0 Å². The number of rotatable bonds is 21. The van der Waals surface area contributed by atoms with Gasteiger partial charge in [0.1, 0.15) is 6.61 Å². The molecule has 6 aliphatic heterocycles. The SMILES string of the molecule is Cc1cc(C(=O)CC(C)C)cs1.Cc1cc(C(=O)CCCC(=O)N2CCCC2)cs1.Cc1cc(C(=O)CCCC(=O)N2CCCCC2)cs1.Cc1cc(C(=O)CO)cs1.Cc1cc(C(=O)N2CCC[C@@H]2CN2CCCC2)cs1.Cc1cc(C(=O)N2CCC[C@@H]2CN2CCCC2)cs1. The van der Waals surface area contributed by atoms with Crippen molar-refractivity contribution in [1.82, 2.24) is 29.4 Å². The van der Waals surface area contributed by atoms with Gasteiger partial charge in [-0.25, -0.2) is 0 Å². The Hall–Kier alpha value is -5.36. The molecule has 0 radical (unpaired) electrons. The summed E-state index contributed by atoms with van der Waals surface area (Å²) in [5.74, 6) is 1.76. The highest BCUT2D eigenvalue weighted by Gasteiger charge is 2.33. The molecule has 530 valence electrons. The first-order chi connectivity index (χ1) is 46.6. The summed E-state index contributed by atoms with van der Waals surface area (Å²) in [6.07, 6.45) is 19.7. The molecule has 6 aromatic heterocycles. The second-order valence-corrected chi connectivity index (χ2v) is 33.7. The summed E-state index contributed by atoms with van der Waals surface area (Å²) in [7, 11) is 0. The third-order valence-corrected chi connectivity index (χ3v) is 23.4. The predicted octanol–water partition coefficient (Wildman–Crippen LogP) is 16.5. The molecule has 4 amide bonds. The Bertz CT molecular complexity index is 3350. The minimum absolute atomic E-state index is 0.161. The molecule has 12 heterocycles. The number of hydrogen-bond acceptors (Lipinski definition) is 17. The Kier molecular flexibility index (Phi) is 33.7. The van der Waals surface area contributed by atoms with E-state index in [1.165, 1.54) is 97.1 Å². The summed E-state index contributed by atoms with van der Waals surface area (Å²) >= 11 is 9.69. The van der Waals surface area contributed by atoms with Gasteiger partial charge in [-0.3, -0.25) is 38.4 Å². The van der Waals surface area contributed by atoms with E-state index in [9.17, 15) is 38.4 Å². The van der Waals surface area contributed by atoms with Gasteiger partial charge in [0, 0.05) is 180 Å². The van der Waals surface area contributed by atoms with Crippen LogP contribution in [0.15, 0.2) is 68.7 Å². The van der Waals surface area contributed by atoms with Crippen LogP contribution in [-0.2, 0) is 9.59 Å². The van der Waals surface area contributed by atoms with E-state index in [1.807, 2.05) is 94.7 Å². The number of thiophene rings is 6. The quantitative estimate of drug-likeness (QED) is 0.0679. The molecule has 0 unspecified atom stereocenters. The van der Waals surface area contributed by atoms with E-state index in [2.05, 4.69) is 47.3 Å². The number of hydrogen-bond donors (Lipinski definition) is 1. The van der Waals surface area contributed by atoms with Crippen LogP contribution in [0.1, 0.15) is 234 Å². The summed E-state index contributed by atoms with van der Waals surface area (Å²) in [5, 5.41) is 20.0. The fraction of sp³-hybridized carbons (Fsp3) is 0.579. The van der Waals surface area contributed by atoms with Crippen molar-refractivity contribution in [2.45, 2.75) is 196 Å². The van der Waals surface area contributed by atoms with E-state index in [0.29, 0.717) is 68.5 Å². The number of aliphatic hydroxyl groups is 1. The average molecular weight is 1440 g/mol. The average Bonchev–Trinajstić information content (AvgIpc) is 1.84. The Balaban J connectivity index is 0.000000166.